The van der Waals surface area contributed by atoms with E-state index >= 15 is 0 Å². The summed E-state index contributed by atoms with van der Waals surface area (Å²) in [5.41, 5.74) is 6.60. The molecule has 245 valence electrons. The number of thiophene rings is 1. The van der Waals surface area contributed by atoms with Crippen molar-refractivity contribution in [2.75, 3.05) is 0 Å². The molecular formula is C42H39FGeIrN2S-2. The van der Waals surface area contributed by atoms with Gasteiger partial charge in [-0.1, -0.05) is 47.9 Å². The van der Waals surface area contributed by atoms with Gasteiger partial charge in [-0.2, -0.15) is 11.3 Å². The zero-order valence-electron chi connectivity index (χ0n) is 30.7. The van der Waals surface area contributed by atoms with Gasteiger partial charge in [-0.25, -0.2) is 4.39 Å². The van der Waals surface area contributed by atoms with E-state index in [0.717, 1.165) is 43.6 Å². The molecule has 48 heavy (non-hydrogen) atoms. The molecule has 0 aliphatic heterocycles. The molecule has 1 radical (unpaired) electrons. The minimum absolute atomic E-state index is 0. The van der Waals surface area contributed by atoms with E-state index in [-0.39, 0.29) is 31.5 Å². The second kappa shape index (κ2) is 15.4. The van der Waals surface area contributed by atoms with Crippen LogP contribution in [0, 0.1) is 30.7 Å². The smallest absolute Gasteiger partial charge is 0.130 e. The van der Waals surface area contributed by atoms with Gasteiger partial charge in [0, 0.05) is 40.5 Å². The second-order valence-electron chi connectivity index (χ2n) is 13.1. The summed E-state index contributed by atoms with van der Waals surface area (Å²) in [4.78, 5) is 9.16. The van der Waals surface area contributed by atoms with Crippen molar-refractivity contribution in [2.24, 2.45) is 5.92 Å². The Balaban J connectivity index is 0.000000211. The normalized spacial score (nSPS) is 12.5. The van der Waals surface area contributed by atoms with Crippen molar-refractivity contribution in [2.45, 2.75) is 44.4 Å². The average molecular weight is 891 g/mol. The molecule has 6 heteroatoms. The molecule has 0 aliphatic rings. The third-order valence-corrected chi connectivity index (χ3v) is 13.6. The predicted octanol–water partition coefficient (Wildman–Crippen LogP) is 11.3. The molecule has 4 aromatic carbocycles. The molecule has 0 fully saturated rings. The third kappa shape index (κ3) is 7.87. The second-order valence-corrected chi connectivity index (χ2v) is 24.8. The number of benzene rings is 4. The van der Waals surface area contributed by atoms with Crippen molar-refractivity contribution in [3.05, 3.63) is 139 Å². The summed E-state index contributed by atoms with van der Waals surface area (Å²) in [6.07, 6.45) is 4.69. The van der Waals surface area contributed by atoms with Gasteiger partial charge in [-0.3, -0.25) is 0 Å². The first-order valence-corrected chi connectivity index (χ1v) is 24.0. The number of hydrogen-bond donors (Lipinski definition) is 0. The number of rotatable bonds is 6. The van der Waals surface area contributed by atoms with Crippen LogP contribution in [-0.4, -0.2) is 23.2 Å². The van der Waals surface area contributed by atoms with Crippen LogP contribution in [0.15, 0.2) is 109 Å². The van der Waals surface area contributed by atoms with Crippen molar-refractivity contribution in [1.29, 1.82) is 0 Å². The van der Waals surface area contributed by atoms with E-state index < -0.39 is 20.1 Å². The van der Waals surface area contributed by atoms with Crippen molar-refractivity contribution >= 4 is 49.2 Å². The van der Waals surface area contributed by atoms with Gasteiger partial charge in [-0.15, -0.1) is 23.8 Å². The van der Waals surface area contributed by atoms with E-state index in [1.165, 1.54) is 29.2 Å². The van der Waals surface area contributed by atoms with Gasteiger partial charge in [0.1, 0.15) is 5.82 Å². The van der Waals surface area contributed by atoms with Crippen molar-refractivity contribution in [3.63, 3.8) is 0 Å². The van der Waals surface area contributed by atoms with Crippen LogP contribution in [0.1, 0.15) is 29.1 Å². The summed E-state index contributed by atoms with van der Waals surface area (Å²) in [5, 5.41) is 1.40. The number of aryl methyl sites for hydroxylation is 1. The SMILES string of the molecule is CC(C)Cc1cc(-c2[c-]cccc2)nc[c]1[Ge]([CH3])([CH3])[CH3].[2H]C([2H])([2H])c1cnc(-c2[c-]ccc3c2sc2cccc(F)c23)cc1-c1ccccc1.[Ir]. The molecule has 3 heterocycles. The first kappa shape index (κ1) is 31.8. The van der Waals surface area contributed by atoms with Crippen LogP contribution in [-0.2, 0) is 26.5 Å². The molecule has 0 N–H and O–H groups in total. The van der Waals surface area contributed by atoms with Gasteiger partial charge in [0.05, 0.1) is 0 Å². The van der Waals surface area contributed by atoms with Gasteiger partial charge in [0.15, 0.2) is 0 Å². The Morgan fingerprint density at radius 2 is 1.62 bits per heavy atom. The molecule has 0 saturated carbocycles. The molecule has 0 spiro atoms. The fourth-order valence-corrected chi connectivity index (χ4v) is 10.4. The summed E-state index contributed by atoms with van der Waals surface area (Å²) in [6.45, 7) is 2.29. The Morgan fingerprint density at radius 1 is 0.854 bits per heavy atom. The quantitative estimate of drug-likeness (QED) is 0.123. The van der Waals surface area contributed by atoms with Gasteiger partial charge in [0.25, 0.3) is 0 Å². The maximum atomic E-state index is 14.5. The number of aromatic nitrogens is 2. The first-order valence-electron chi connectivity index (χ1n) is 17.4. The van der Waals surface area contributed by atoms with Gasteiger partial charge in [0.2, 0.25) is 0 Å². The van der Waals surface area contributed by atoms with E-state index in [2.05, 4.69) is 66.6 Å². The van der Waals surface area contributed by atoms with Crippen molar-refractivity contribution in [3.8, 4) is 33.6 Å². The maximum absolute atomic E-state index is 14.5. The summed E-state index contributed by atoms with van der Waals surface area (Å²) < 4.78 is 41.5. The van der Waals surface area contributed by atoms with Crippen LogP contribution in [0.2, 0.25) is 17.3 Å². The van der Waals surface area contributed by atoms with Crippen LogP contribution in [0.3, 0.4) is 0 Å². The Kier molecular flexibility index (Phi) is 10.2. The van der Waals surface area contributed by atoms with Crippen molar-refractivity contribution in [1.82, 2.24) is 9.97 Å². The maximum Gasteiger partial charge on any atom is 0.130 e. The van der Waals surface area contributed by atoms with E-state index in [4.69, 9.17) is 9.10 Å². The molecule has 0 amide bonds. The zero-order chi connectivity index (χ0) is 35.6. The third-order valence-electron chi connectivity index (χ3n) is 8.06. The molecule has 7 aromatic rings. The first-order chi connectivity index (χ1) is 23.8. The van der Waals surface area contributed by atoms with E-state index in [0.29, 0.717) is 22.6 Å². The van der Waals surface area contributed by atoms with Gasteiger partial charge in [-0.05, 0) is 46.1 Å². The number of halogens is 1. The number of nitrogens with zero attached hydrogens (tertiary/aromatic N) is 2. The average Bonchev–Trinajstić information content (AvgIpc) is 3.48. The molecule has 3 aromatic heterocycles. The largest absolute Gasteiger partial charge is 0.304 e. The van der Waals surface area contributed by atoms with Gasteiger partial charge < -0.3 is 4.98 Å². The fraction of sp³-hybridized carbons (Fsp3) is 0.190. The molecule has 0 saturated heterocycles. The minimum atomic E-state index is -2.28. The fourth-order valence-electron chi connectivity index (χ4n) is 5.87. The number of hydrogen-bond acceptors (Lipinski definition) is 3. The molecule has 2 nitrogen and oxygen atoms in total. The van der Waals surface area contributed by atoms with Crippen LogP contribution in [0.5, 0.6) is 0 Å². The van der Waals surface area contributed by atoms with E-state index in [9.17, 15) is 4.39 Å². The summed E-state index contributed by atoms with van der Waals surface area (Å²) in [7, 11) is 0. The van der Waals surface area contributed by atoms with E-state index in [1.54, 1.807) is 22.6 Å². The summed E-state index contributed by atoms with van der Waals surface area (Å²) in [6, 6.07) is 36.8. The Bertz CT molecular complexity index is 2270. The Labute approximate surface area is 308 Å². The molecule has 7 rings (SSSR count). The molecule has 0 atom stereocenters. The molecule has 0 bridgehead atoms. The van der Waals surface area contributed by atoms with Crippen LogP contribution < -0.4 is 4.40 Å². The van der Waals surface area contributed by atoms with Crippen molar-refractivity contribution < 1.29 is 28.6 Å². The van der Waals surface area contributed by atoms with Crippen LogP contribution in [0.4, 0.5) is 4.39 Å². The molecule has 0 unspecified atom stereocenters. The topological polar surface area (TPSA) is 25.8 Å². The predicted molar refractivity (Wildman–Crippen MR) is 202 cm³/mol. The summed E-state index contributed by atoms with van der Waals surface area (Å²) >= 11 is -0.372. The molecule has 0 aliphatic carbocycles. The standard InChI is InChI=1S/C24H15FNS.C18H24GeN.Ir/c1-15-14-26-21(13-19(15)16-7-3-2-4-8-16)17-9-5-10-18-23-20(25)11-6-12-22(23)27-24(17)18;1-14(2)11-16-12-18(15-9-7-6-8-10-15)20-13-17(16)19(3,4)5;/h2-8,10-14H,1H3;6-9,12-14H,11H2,1-5H3;/q2*-1;/i1D3;;. The Morgan fingerprint density at radius 3 is 2.33 bits per heavy atom. The number of fused-ring (bicyclic) bond motifs is 3. The zero-order valence-corrected chi connectivity index (χ0v) is 33.0. The molecular weight excluding hydrogens is 848 g/mol. The van der Waals surface area contributed by atoms with Gasteiger partial charge >= 0.3 is 126 Å². The Hall–Kier alpha value is -3.48. The monoisotopic (exact) mass is 892 g/mol. The van der Waals surface area contributed by atoms with Crippen LogP contribution >= 0.6 is 11.3 Å². The number of pyridine rings is 2. The van der Waals surface area contributed by atoms with E-state index in [1.807, 2.05) is 60.7 Å². The van der Waals surface area contributed by atoms with Crippen LogP contribution in [0.25, 0.3) is 53.8 Å². The minimum Gasteiger partial charge on any atom is -0.304 e. The summed E-state index contributed by atoms with van der Waals surface area (Å²) in [5.74, 6) is 7.74.